The number of ether oxygens (including phenoxy) is 1. The summed E-state index contributed by atoms with van der Waals surface area (Å²) in [5.41, 5.74) is 3.15. The van der Waals surface area contributed by atoms with Gasteiger partial charge in [0.15, 0.2) is 0 Å². The van der Waals surface area contributed by atoms with Crippen molar-refractivity contribution < 1.29 is 14.3 Å². The molecule has 3 nitrogen and oxygen atoms in total. The Morgan fingerprint density at radius 2 is 1.71 bits per heavy atom. The number of hydrogen-bond acceptors (Lipinski definition) is 3. The summed E-state index contributed by atoms with van der Waals surface area (Å²) < 4.78 is 4.65. The van der Waals surface area contributed by atoms with Crippen molar-refractivity contribution in [3.05, 3.63) is 76.9 Å². The molecule has 0 aliphatic carbocycles. The van der Waals surface area contributed by atoms with Crippen LogP contribution in [0.25, 0.3) is 6.08 Å². The average Bonchev–Trinajstić information content (AvgIpc) is 2.55. The van der Waals surface area contributed by atoms with Gasteiger partial charge < -0.3 is 4.74 Å². The van der Waals surface area contributed by atoms with Gasteiger partial charge in [0.1, 0.15) is 6.29 Å². The Morgan fingerprint density at radius 1 is 1.05 bits per heavy atom. The van der Waals surface area contributed by atoms with Gasteiger partial charge in [-0.05, 0) is 34.9 Å². The van der Waals surface area contributed by atoms with Crippen molar-refractivity contribution >= 4 is 18.3 Å². The summed E-state index contributed by atoms with van der Waals surface area (Å²) >= 11 is 0. The van der Waals surface area contributed by atoms with Crippen molar-refractivity contribution in [2.75, 3.05) is 7.11 Å². The second-order valence-electron chi connectivity index (χ2n) is 4.61. The first kappa shape index (κ1) is 14.7. The maximum absolute atomic E-state index is 11.4. The van der Waals surface area contributed by atoms with E-state index in [1.165, 1.54) is 7.11 Å². The van der Waals surface area contributed by atoms with E-state index in [9.17, 15) is 9.59 Å². The van der Waals surface area contributed by atoms with Gasteiger partial charge in [-0.25, -0.2) is 4.79 Å². The highest BCUT2D eigenvalue weighted by molar-refractivity contribution is 5.89. The minimum atomic E-state index is -0.364. The molecule has 0 spiro atoms. The van der Waals surface area contributed by atoms with E-state index in [2.05, 4.69) is 4.74 Å². The fraction of sp³-hybridized carbons (Fsp3) is 0.111. The lowest BCUT2D eigenvalue weighted by molar-refractivity contribution is -0.104. The van der Waals surface area contributed by atoms with Crippen LogP contribution < -0.4 is 0 Å². The number of aldehydes is 1. The van der Waals surface area contributed by atoms with Crippen LogP contribution in [0.3, 0.4) is 0 Å². The van der Waals surface area contributed by atoms with E-state index in [1.54, 1.807) is 12.1 Å². The number of benzene rings is 2. The summed E-state index contributed by atoms with van der Waals surface area (Å²) in [5.74, 6) is -0.364. The van der Waals surface area contributed by atoms with Gasteiger partial charge in [0.2, 0.25) is 0 Å². The van der Waals surface area contributed by atoms with Crippen LogP contribution in [0.15, 0.2) is 60.2 Å². The molecular formula is C18H16O3. The van der Waals surface area contributed by atoms with E-state index >= 15 is 0 Å². The van der Waals surface area contributed by atoms with E-state index in [0.29, 0.717) is 17.6 Å². The van der Waals surface area contributed by atoms with Crippen LogP contribution in [0.2, 0.25) is 0 Å². The Morgan fingerprint density at radius 3 is 2.29 bits per heavy atom. The molecule has 21 heavy (non-hydrogen) atoms. The number of hydrogen-bond donors (Lipinski definition) is 0. The zero-order valence-electron chi connectivity index (χ0n) is 11.8. The maximum Gasteiger partial charge on any atom is 0.337 e. The quantitative estimate of drug-likeness (QED) is 0.479. The Labute approximate surface area is 123 Å². The lowest BCUT2D eigenvalue weighted by Crippen LogP contribution is -2.01. The van der Waals surface area contributed by atoms with Gasteiger partial charge in [-0.1, -0.05) is 42.5 Å². The first-order valence-electron chi connectivity index (χ1n) is 6.61. The van der Waals surface area contributed by atoms with Crippen molar-refractivity contribution in [3.63, 3.8) is 0 Å². The molecule has 0 saturated carbocycles. The van der Waals surface area contributed by atoms with Gasteiger partial charge >= 0.3 is 5.97 Å². The molecule has 0 aliphatic rings. The summed E-state index contributed by atoms with van der Waals surface area (Å²) in [5, 5.41) is 0. The highest BCUT2D eigenvalue weighted by Gasteiger charge is 2.05. The van der Waals surface area contributed by atoms with Crippen LogP contribution in [0.1, 0.15) is 21.5 Å². The average molecular weight is 280 g/mol. The normalized spacial score (nSPS) is 11.0. The molecule has 0 amide bonds. The predicted octanol–water partition coefficient (Wildman–Crippen LogP) is 3.30. The number of carbonyl (C=O) groups is 2. The van der Waals surface area contributed by atoms with Crippen LogP contribution in [0.4, 0.5) is 0 Å². The monoisotopic (exact) mass is 280 g/mol. The smallest absolute Gasteiger partial charge is 0.337 e. The second-order valence-corrected chi connectivity index (χ2v) is 4.61. The molecule has 0 bridgehead atoms. The second kappa shape index (κ2) is 7.20. The predicted molar refractivity (Wildman–Crippen MR) is 82.0 cm³/mol. The van der Waals surface area contributed by atoms with E-state index in [-0.39, 0.29) is 5.97 Å². The molecule has 0 heterocycles. The third kappa shape index (κ3) is 4.14. The van der Waals surface area contributed by atoms with E-state index in [0.717, 1.165) is 17.4 Å². The van der Waals surface area contributed by atoms with Crippen LogP contribution in [-0.4, -0.2) is 19.4 Å². The van der Waals surface area contributed by atoms with Gasteiger partial charge in [-0.2, -0.15) is 0 Å². The summed E-state index contributed by atoms with van der Waals surface area (Å²) in [6.45, 7) is 0. The number of rotatable bonds is 5. The molecule has 0 radical (unpaired) electrons. The third-order valence-corrected chi connectivity index (χ3v) is 3.09. The fourth-order valence-electron chi connectivity index (χ4n) is 2.00. The summed E-state index contributed by atoms with van der Waals surface area (Å²) in [6.07, 6.45) is 3.25. The zero-order valence-corrected chi connectivity index (χ0v) is 11.8. The highest BCUT2D eigenvalue weighted by atomic mass is 16.5. The molecule has 0 N–H and O–H groups in total. The Hall–Kier alpha value is -2.68. The molecule has 0 aromatic heterocycles. The van der Waals surface area contributed by atoms with Crippen molar-refractivity contribution in [1.82, 2.24) is 0 Å². The number of carbonyl (C=O) groups excluding carboxylic acids is 2. The van der Waals surface area contributed by atoms with Gasteiger partial charge in [0, 0.05) is 6.42 Å². The summed E-state index contributed by atoms with van der Waals surface area (Å²) in [4.78, 5) is 22.5. The molecular weight excluding hydrogens is 264 g/mol. The minimum absolute atomic E-state index is 0.364. The first-order chi connectivity index (χ1) is 10.2. The van der Waals surface area contributed by atoms with Crippen LogP contribution in [-0.2, 0) is 16.0 Å². The molecule has 2 rings (SSSR count). The topological polar surface area (TPSA) is 43.4 Å². The summed E-state index contributed by atoms with van der Waals surface area (Å²) in [6, 6.07) is 16.7. The standard InChI is InChI=1S/C18H16O3/c1-21-18(20)17-9-7-15(8-10-17)12-16(13-19)11-14-5-3-2-4-6-14/h2-11,13H,12H2,1H3/b16-11-. The van der Waals surface area contributed by atoms with E-state index in [1.807, 2.05) is 48.5 Å². The molecule has 2 aromatic rings. The molecule has 2 aromatic carbocycles. The molecule has 0 unspecified atom stereocenters. The molecule has 106 valence electrons. The summed E-state index contributed by atoms with van der Waals surface area (Å²) in [7, 11) is 1.35. The van der Waals surface area contributed by atoms with Gasteiger partial charge in [0.25, 0.3) is 0 Å². The van der Waals surface area contributed by atoms with Gasteiger partial charge in [0.05, 0.1) is 12.7 Å². The third-order valence-electron chi connectivity index (χ3n) is 3.09. The maximum atomic E-state index is 11.4. The first-order valence-corrected chi connectivity index (χ1v) is 6.61. The largest absolute Gasteiger partial charge is 0.465 e. The van der Waals surface area contributed by atoms with Crippen LogP contribution in [0, 0.1) is 0 Å². The molecule has 3 heteroatoms. The minimum Gasteiger partial charge on any atom is -0.465 e. The van der Waals surface area contributed by atoms with Crippen LogP contribution >= 0.6 is 0 Å². The highest BCUT2D eigenvalue weighted by Crippen LogP contribution is 2.13. The fourth-order valence-corrected chi connectivity index (χ4v) is 2.00. The van der Waals surface area contributed by atoms with E-state index < -0.39 is 0 Å². The van der Waals surface area contributed by atoms with Gasteiger partial charge in [-0.3, -0.25) is 4.79 Å². The van der Waals surface area contributed by atoms with Crippen molar-refractivity contribution in [1.29, 1.82) is 0 Å². The SMILES string of the molecule is COC(=O)c1ccc(C/C(C=O)=C/c2ccccc2)cc1. The lowest BCUT2D eigenvalue weighted by atomic mass is 10.0. The van der Waals surface area contributed by atoms with Crippen molar-refractivity contribution in [3.8, 4) is 0 Å². The number of methoxy groups -OCH3 is 1. The number of esters is 1. The molecule has 0 saturated heterocycles. The molecule has 0 atom stereocenters. The van der Waals surface area contributed by atoms with Gasteiger partial charge in [-0.15, -0.1) is 0 Å². The Kier molecular flexibility index (Phi) is 5.04. The van der Waals surface area contributed by atoms with E-state index in [4.69, 9.17) is 0 Å². The Balaban J connectivity index is 2.14. The Bertz CT molecular complexity index is 640. The molecule has 0 aliphatic heterocycles. The lowest BCUT2D eigenvalue weighted by Gasteiger charge is -2.03. The van der Waals surface area contributed by atoms with Crippen molar-refractivity contribution in [2.24, 2.45) is 0 Å². The molecule has 0 fully saturated rings. The zero-order chi connectivity index (χ0) is 15.1. The van der Waals surface area contributed by atoms with Crippen molar-refractivity contribution in [2.45, 2.75) is 6.42 Å². The number of allylic oxidation sites excluding steroid dienone is 1. The van der Waals surface area contributed by atoms with Crippen LogP contribution in [0.5, 0.6) is 0 Å².